The van der Waals surface area contributed by atoms with Crippen LogP contribution in [0.1, 0.15) is 220 Å². The van der Waals surface area contributed by atoms with Crippen molar-refractivity contribution in [2.24, 2.45) is 0 Å². The number of carbonyl (C=O) groups excluding carboxylic acids is 2. The van der Waals surface area contributed by atoms with Crippen molar-refractivity contribution in [3.8, 4) is 0 Å². The number of rotatable bonds is 41. The Hall–Kier alpha value is -2.44. The molecule has 0 fully saturated rings. The number of unbranched alkanes of at least 4 members (excludes halogenated alkanes) is 19. The Bertz CT molecular complexity index is 1010. The Kier molecular flexibility index (Phi) is 41.8. The van der Waals surface area contributed by atoms with Gasteiger partial charge in [-0.05, 0) is 64.2 Å². The van der Waals surface area contributed by atoms with Crippen molar-refractivity contribution in [1.29, 1.82) is 0 Å². The van der Waals surface area contributed by atoms with Crippen LogP contribution in [0.5, 0.6) is 0 Å². The van der Waals surface area contributed by atoms with Crippen LogP contribution in [0.2, 0.25) is 0 Å². The van der Waals surface area contributed by atoms with E-state index in [0.717, 1.165) is 77.0 Å². The molecule has 324 valence electrons. The summed E-state index contributed by atoms with van der Waals surface area (Å²) in [6, 6.07) is -0.710. The molecule has 6 nitrogen and oxygen atoms in total. The van der Waals surface area contributed by atoms with Gasteiger partial charge in [-0.3, -0.25) is 9.59 Å². The molecule has 0 aliphatic rings. The molecule has 0 saturated carbocycles. The van der Waals surface area contributed by atoms with E-state index in [0.29, 0.717) is 25.7 Å². The lowest BCUT2D eigenvalue weighted by Crippen LogP contribution is -2.46. The molecule has 3 N–H and O–H groups in total. The molecular weight excluding hydrogens is 695 g/mol. The second-order valence-electron chi connectivity index (χ2n) is 15.8. The normalized spacial score (nSPS) is 13.9. The third-order valence-electron chi connectivity index (χ3n) is 10.4. The Balaban J connectivity index is 4.51. The van der Waals surface area contributed by atoms with E-state index in [4.69, 9.17) is 4.74 Å². The molecule has 0 aromatic rings. The van der Waals surface area contributed by atoms with E-state index in [-0.39, 0.29) is 24.9 Å². The van der Waals surface area contributed by atoms with Gasteiger partial charge in [0.15, 0.2) is 0 Å². The highest BCUT2D eigenvalue weighted by Crippen LogP contribution is 2.17. The number of nitrogens with one attached hydrogen (secondary N) is 1. The minimum atomic E-state index is -0.795. The minimum absolute atomic E-state index is 0.0539. The fraction of sp³-hybridized carbons (Fsp3) is 0.760. The second kappa shape index (κ2) is 43.7. The van der Waals surface area contributed by atoms with Crippen LogP contribution >= 0.6 is 0 Å². The standard InChI is InChI=1S/C50H89NO5/c1-4-7-10-13-16-18-20-22-23-24-25-27-29-31-34-37-40-43-50(55)56-46(41-38-35-32-15-12-9-6-3)44-49(54)51-47(45-52)48(53)42-39-36-33-30-28-26-21-19-17-14-11-8-5-2/h7,10,16,18,22-23,25,27,31,34,46-48,52-53H,4-6,8-9,11-15,17,19-21,24,26,28-30,32-33,35-45H2,1-3H3,(H,51,54)/b10-7-,18-16-,23-22-,27-25-,34-31-. The van der Waals surface area contributed by atoms with Crippen molar-refractivity contribution < 1.29 is 24.5 Å². The summed E-state index contributed by atoms with van der Waals surface area (Å²) >= 11 is 0. The molecule has 0 saturated heterocycles. The van der Waals surface area contributed by atoms with Gasteiger partial charge in [0, 0.05) is 6.42 Å². The summed E-state index contributed by atoms with van der Waals surface area (Å²) in [7, 11) is 0. The van der Waals surface area contributed by atoms with Crippen molar-refractivity contribution in [2.75, 3.05) is 6.61 Å². The average Bonchev–Trinajstić information content (AvgIpc) is 3.19. The summed E-state index contributed by atoms with van der Waals surface area (Å²) in [6.07, 6.45) is 52.9. The van der Waals surface area contributed by atoms with E-state index < -0.39 is 18.2 Å². The maximum Gasteiger partial charge on any atom is 0.306 e. The van der Waals surface area contributed by atoms with Crippen LogP contribution in [0.3, 0.4) is 0 Å². The molecule has 3 atom stereocenters. The summed E-state index contributed by atoms with van der Waals surface area (Å²) in [5, 5.41) is 23.6. The molecule has 0 aliphatic heterocycles. The molecule has 0 aromatic heterocycles. The average molecular weight is 784 g/mol. The fourth-order valence-corrected chi connectivity index (χ4v) is 6.82. The van der Waals surface area contributed by atoms with Gasteiger partial charge < -0.3 is 20.3 Å². The zero-order valence-electron chi connectivity index (χ0n) is 36.8. The molecule has 0 spiro atoms. The van der Waals surface area contributed by atoms with Crippen LogP contribution in [0.25, 0.3) is 0 Å². The predicted octanol–water partition coefficient (Wildman–Crippen LogP) is 13.7. The molecule has 0 aromatic carbocycles. The van der Waals surface area contributed by atoms with Crippen LogP contribution in [-0.4, -0.2) is 46.9 Å². The van der Waals surface area contributed by atoms with Gasteiger partial charge in [-0.1, -0.05) is 204 Å². The number of esters is 1. The fourth-order valence-electron chi connectivity index (χ4n) is 6.82. The van der Waals surface area contributed by atoms with Gasteiger partial charge in [0.05, 0.1) is 25.2 Å². The lowest BCUT2D eigenvalue weighted by Gasteiger charge is -2.24. The van der Waals surface area contributed by atoms with E-state index in [1.165, 1.54) is 89.9 Å². The summed E-state index contributed by atoms with van der Waals surface area (Å²) in [4.78, 5) is 25.9. The van der Waals surface area contributed by atoms with Crippen LogP contribution in [-0.2, 0) is 14.3 Å². The smallest absolute Gasteiger partial charge is 0.306 e. The Morgan fingerprint density at radius 2 is 0.946 bits per heavy atom. The molecule has 0 radical (unpaired) electrons. The first-order valence-corrected chi connectivity index (χ1v) is 23.5. The number of amides is 1. The highest BCUT2D eigenvalue weighted by atomic mass is 16.5. The summed E-state index contributed by atoms with van der Waals surface area (Å²) < 4.78 is 5.85. The molecular formula is C50H89NO5. The van der Waals surface area contributed by atoms with Gasteiger partial charge in [0.2, 0.25) is 5.91 Å². The summed E-state index contributed by atoms with van der Waals surface area (Å²) in [6.45, 7) is 6.31. The van der Waals surface area contributed by atoms with Crippen LogP contribution in [0, 0.1) is 0 Å². The number of carbonyl (C=O) groups is 2. The highest BCUT2D eigenvalue weighted by molar-refractivity contribution is 5.77. The maximum atomic E-state index is 13.1. The van der Waals surface area contributed by atoms with Crippen LogP contribution in [0.15, 0.2) is 60.8 Å². The topological polar surface area (TPSA) is 95.9 Å². The Morgan fingerprint density at radius 3 is 1.39 bits per heavy atom. The lowest BCUT2D eigenvalue weighted by molar-refractivity contribution is -0.151. The summed E-state index contributed by atoms with van der Waals surface area (Å²) in [5.74, 6) is -0.549. The van der Waals surface area contributed by atoms with Gasteiger partial charge in [0.1, 0.15) is 6.10 Å². The van der Waals surface area contributed by atoms with Crippen LogP contribution < -0.4 is 5.32 Å². The number of hydrogen-bond donors (Lipinski definition) is 3. The minimum Gasteiger partial charge on any atom is -0.462 e. The first-order chi connectivity index (χ1) is 27.5. The molecule has 1 amide bonds. The van der Waals surface area contributed by atoms with Crippen LogP contribution in [0.4, 0.5) is 0 Å². The number of aliphatic hydroxyl groups excluding tert-OH is 2. The lowest BCUT2D eigenvalue weighted by atomic mass is 10.0. The number of hydrogen-bond acceptors (Lipinski definition) is 5. The van der Waals surface area contributed by atoms with Crippen molar-refractivity contribution in [1.82, 2.24) is 5.32 Å². The molecule has 56 heavy (non-hydrogen) atoms. The number of ether oxygens (including phenoxy) is 1. The predicted molar refractivity (Wildman–Crippen MR) is 241 cm³/mol. The van der Waals surface area contributed by atoms with E-state index in [1.807, 2.05) is 0 Å². The highest BCUT2D eigenvalue weighted by Gasteiger charge is 2.24. The first-order valence-electron chi connectivity index (χ1n) is 23.5. The quantitative estimate of drug-likeness (QED) is 0.0326. The molecule has 0 bridgehead atoms. The molecule has 3 unspecified atom stereocenters. The molecule has 0 heterocycles. The van der Waals surface area contributed by atoms with Gasteiger partial charge in [-0.15, -0.1) is 0 Å². The van der Waals surface area contributed by atoms with Gasteiger partial charge in [-0.2, -0.15) is 0 Å². The first kappa shape index (κ1) is 53.6. The van der Waals surface area contributed by atoms with Gasteiger partial charge in [-0.25, -0.2) is 0 Å². The second-order valence-corrected chi connectivity index (χ2v) is 15.8. The number of aliphatic hydroxyl groups is 2. The third-order valence-corrected chi connectivity index (χ3v) is 10.4. The Morgan fingerprint density at radius 1 is 0.536 bits per heavy atom. The van der Waals surface area contributed by atoms with Gasteiger partial charge in [0.25, 0.3) is 0 Å². The van der Waals surface area contributed by atoms with Crippen molar-refractivity contribution in [2.45, 2.75) is 238 Å². The van der Waals surface area contributed by atoms with E-state index in [2.05, 4.69) is 86.8 Å². The van der Waals surface area contributed by atoms with Crippen molar-refractivity contribution in [3.63, 3.8) is 0 Å². The van der Waals surface area contributed by atoms with Crippen molar-refractivity contribution >= 4 is 11.9 Å². The van der Waals surface area contributed by atoms with E-state index >= 15 is 0 Å². The molecule has 0 aliphatic carbocycles. The molecule has 0 rings (SSSR count). The van der Waals surface area contributed by atoms with Crippen molar-refractivity contribution in [3.05, 3.63) is 60.8 Å². The van der Waals surface area contributed by atoms with E-state index in [1.54, 1.807) is 0 Å². The van der Waals surface area contributed by atoms with Gasteiger partial charge >= 0.3 is 5.97 Å². The third kappa shape index (κ3) is 38.4. The molecule has 6 heteroatoms. The summed E-state index contributed by atoms with van der Waals surface area (Å²) in [5.41, 5.74) is 0. The maximum absolute atomic E-state index is 13.1. The van der Waals surface area contributed by atoms with E-state index in [9.17, 15) is 19.8 Å². The zero-order valence-corrected chi connectivity index (χ0v) is 36.8. The monoisotopic (exact) mass is 784 g/mol. The zero-order chi connectivity index (χ0) is 41.0. The Labute approximate surface area is 346 Å². The largest absolute Gasteiger partial charge is 0.462 e. The SMILES string of the molecule is CC/C=C\C/C=C\C/C=C\C/C=C\C/C=C\CCCC(=O)OC(CCCCCCCCC)CC(=O)NC(CO)C(O)CCCCCCCCCCCCCCC. The number of allylic oxidation sites excluding steroid dienone is 10.